The van der Waals surface area contributed by atoms with Crippen LogP contribution in [0.15, 0.2) is 85.2 Å². The molecule has 1 aliphatic rings. The van der Waals surface area contributed by atoms with Crippen LogP contribution in [-0.4, -0.2) is 37.3 Å². The van der Waals surface area contributed by atoms with Gasteiger partial charge in [0.15, 0.2) is 17.0 Å². The van der Waals surface area contributed by atoms with E-state index in [9.17, 15) is 5.11 Å². The van der Waals surface area contributed by atoms with Gasteiger partial charge in [0.05, 0.1) is 12.7 Å². The summed E-state index contributed by atoms with van der Waals surface area (Å²) in [5, 5.41) is 13.0. The molecule has 9 nitrogen and oxygen atoms in total. The summed E-state index contributed by atoms with van der Waals surface area (Å²) in [4.78, 5) is 13.2. The summed E-state index contributed by atoms with van der Waals surface area (Å²) >= 11 is 0. The van der Waals surface area contributed by atoms with Crippen molar-refractivity contribution in [3.8, 4) is 16.9 Å². The van der Waals surface area contributed by atoms with E-state index in [0.29, 0.717) is 36.1 Å². The number of imidazole rings is 1. The number of ether oxygens (including phenoxy) is 2. The molecular weight excluding hydrogens is 492 g/mol. The lowest BCUT2D eigenvalue weighted by atomic mass is 10.0. The highest BCUT2D eigenvalue weighted by Gasteiger charge is 2.30. The maximum Gasteiger partial charge on any atom is 0.207 e. The van der Waals surface area contributed by atoms with Crippen molar-refractivity contribution < 1.29 is 14.6 Å². The Labute approximate surface area is 226 Å². The van der Waals surface area contributed by atoms with Crippen LogP contribution in [0.3, 0.4) is 0 Å². The van der Waals surface area contributed by atoms with Crippen LogP contribution in [0.2, 0.25) is 0 Å². The van der Waals surface area contributed by atoms with Crippen LogP contribution in [0.25, 0.3) is 22.3 Å². The van der Waals surface area contributed by atoms with Crippen molar-refractivity contribution in [2.75, 3.05) is 17.7 Å². The van der Waals surface area contributed by atoms with Crippen molar-refractivity contribution in [2.24, 2.45) is 0 Å². The molecular formula is C30H30N6O3. The summed E-state index contributed by atoms with van der Waals surface area (Å²) in [6.45, 7) is 1.04. The molecule has 1 saturated heterocycles. The van der Waals surface area contributed by atoms with E-state index in [1.807, 2.05) is 41.0 Å². The fourth-order valence-corrected chi connectivity index (χ4v) is 4.88. The predicted molar refractivity (Wildman–Crippen MR) is 150 cm³/mol. The molecule has 2 aromatic heterocycles. The minimum absolute atomic E-state index is 0.0181. The SMILES string of the molecule is Nc1ncnc2c1nc(NCc1ccc(-c3ccccc3OCc3ccccc3)cc1)n2[C@H]1CC[C@@H](CO)O1. The minimum atomic E-state index is -0.293. The molecule has 0 spiro atoms. The highest BCUT2D eigenvalue weighted by molar-refractivity contribution is 5.84. The summed E-state index contributed by atoms with van der Waals surface area (Å²) in [5.74, 6) is 1.76. The lowest BCUT2D eigenvalue weighted by Crippen LogP contribution is -2.17. The van der Waals surface area contributed by atoms with Gasteiger partial charge in [-0.25, -0.2) is 15.0 Å². The number of aliphatic hydroxyl groups is 1. The number of anilines is 2. The number of nitrogens with zero attached hydrogens (tertiary/aromatic N) is 4. The Balaban J connectivity index is 1.19. The largest absolute Gasteiger partial charge is 0.488 e. The molecule has 1 fully saturated rings. The van der Waals surface area contributed by atoms with Crippen LogP contribution < -0.4 is 15.8 Å². The number of aromatic nitrogens is 4. The molecule has 0 unspecified atom stereocenters. The highest BCUT2D eigenvalue weighted by atomic mass is 16.5. The summed E-state index contributed by atoms with van der Waals surface area (Å²) in [7, 11) is 0. The van der Waals surface area contributed by atoms with E-state index in [-0.39, 0.29) is 18.9 Å². The molecule has 0 bridgehead atoms. The van der Waals surface area contributed by atoms with Crippen LogP contribution in [0, 0.1) is 0 Å². The Kier molecular flexibility index (Phi) is 7.07. The topological polar surface area (TPSA) is 120 Å². The first kappa shape index (κ1) is 24.8. The number of fused-ring (bicyclic) bond motifs is 1. The molecule has 9 heteroatoms. The normalized spacial score (nSPS) is 16.9. The van der Waals surface area contributed by atoms with E-state index < -0.39 is 0 Å². The van der Waals surface area contributed by atoms with Crippen molar-refractivity contribution in [1.29, 1.82) is 0 Å². The number of nitrogen functional groups attached to an aromatic ring is 1. The van der Waals surface area contributed by atoms with Crippen LogP contribution in [0.4, 0.5) is 11.8 Å². The quantitative estimate of drug-likeness (QED) is 0.249. The van der Waals surface area contributed by atoms with Gasteiger partial charge in [-0.3, -0.25) is 4.57 Å². The predicted octanol–water partition coefficient (Wildman–Crippen LogP) is 4.94. The second-order valence-electron chi connectivity index (χ2n) is 9.53. The van der Waals surface area contributed by atoms with Gasteiger partial charge in [-0.2, -0.15) is 0 Å². The number of hydrogen-bond acceptors (Lipinski definition) is 8. The monoisotopic (exact) mass is 522 g/mol. The zero-order valence-electron chi connectivity index (χ0n) is 21.4. The van der Waals surface area contributed by atoms with E-state index >= 15 is 0 Å². The second-order valence-corrected chi connectivity index (χ2v) is 9.53. The van der Waals surface area contributed by atoms with Gasteiger partial charge >= 0.3 is 0 Å². The van der Waals surface area contributed by atoms with Crippen molar-refractivity contribution in [3.63, 3.8) is 0 Å². The lowest BCUT2D eigenvalue weighted by molar-refractivity contribution is -0.0197. The molecule has 4 N–H and O–H groups in total. The maximum absolute atomic E-state index is 9.55. The van der Waals surface area contributed by atoms with Gasteiger partial charge in [0.1, 0.15) is 24.9 Å². The number of hydrogen-bond donors (Lipinski definition) is 3. The van der Waals surface area contributed by atoms with Crippen LogP contribution in [-0.2, 0) is 17.9 Å². The molecule has 5 aromatic rings. The average Bonchev–Trinajstić information content (AvgIpc) is 3.61. The first-order chi connectivity index (χ1) is 19.2. The van der Waals surface area contributed by atoms with Gasteiger partial charge in [0, 0.05) is 12.1 Å². The molecule has 3 heterocycles. The van der Waals surface area contributed by atoms with Gasteiger partial charge in [-0.1, -0.05) is 72.8 Å². The molecule has 3 aromatic carbocycles. The Morgan fingerprint density at radius 1 is 0.949 bits per heavy atom. The molecule has 1 aliphatic heterocycles. The zero-order valence-corrected chi connectivity index (χ0v) is 21.4. The molecule has 0 amide bonds. The average molecular weight is 523 g/mol. The molecule has 6 rings (SSSR count). The first-order valence-corrected chi connectivity index (χ1v) is 13.0. The highest BCUT2D eigenvalue weighted by Crippen LogP contribution is 2.35. The third-order valence-electron chi connectivity index (χ3n) is 6.92. The van der Waals surface area contributed by atoms with Crippen LogP contribution in [0.5, 0.6) is 5.75 Å². The number of aliphatic hydroxyl groups excluding tert-OH is 1. The van der Waals surface area contributed by atoms with Crippen molar-refractivity contribution in [1.82, 2.24) is 19.5 Å². The van der Waals surface area contributed by atoms with Crippen molar-refractivity contribution in [2.45, 2.75) is 38.3 Å². The van der Waals surface area contributed by atoms with E-state index in [1.165, 1.54) is 6.33 Å². The Bertz CT molecular complexity index is 1550. The standard InChI is InChI=1S/C30H30N6O3/c31-28-27-29(34-19-33-28)36(26-15-14-23(17-37)39-26)30(35-27)32-16-20-10-12-22(13-11-20)24-8-4-5-9-25(24)38-18-21-6-2-1-3-7-21/h1-13,19,23,26,37H,14-18H2,(H,32,35)(H2,31,33,34)/t23-,26+/m0/s1. The number of para-hydroxylation sites is 1. The Morgan fingerprint density at radius 2 is 1.74 bits per heavy atom. The smallest absolute Gasteiger partial charge is 0.207 e. The van der Waals surface area contributed by atoms with Crippen LogP contribution >= 0.6 is 0 Å². The summed E-state index contributed by atoms with van der Waals surface area (Å²) < 4.78 is 14.1. The summed E-state index contributed by atoms with van der Waals surface area (Å²) in [6.07, 6.45) is 2.44. The summed E-state index contributed by atoms with van der Waals surface area (Å²) in [6, 6.07) is 26.6. The zero-order chi connectivity index (χ0) is 26.6. The number of nitrogens with two attached hydrogens (primary N) is 1. The third-order valence-corrected chi connectivity index (χ3v) is 6.92. The third kappa shape index (κ3) is 5.27. The number of rotatable bonds is 9. The van der Waals surface area contributed by atoms with Gasteiger partial charge < -0.3 is 25.6 Å². The van der Waals surface area contributed by atoms with Gasteiger partial charge in [-0.15, -0.1) is 0 Å². The molecule has 0 saturated carbocycles. The fraction of sp³-hybridized carbons (Fsp3) is 0.233. The molecule has 198 valence electrons. The Morgan fingerprint density at radius 3 is 2.54 bits per heavy atom. The molecule has 0 aliphatic carbocycles. The number of nitrogens with one attached hydrogen (secondary N) is 1. The second kappa shape index (κ2) is 11.1. The van der Waals surface area contributed by atoms with E-state index in [1.54, 1.807) is 0 Å². The first-order valence-electron chi connectivity index (χ1n) is 13.0. The van der Waals surface area contributed by atoms with Gasteiger partial charge in [0.25, 0.3) is 0 Å². The molecule has 39 heavy (non-hydrogen) atoms. The van der Waals surface area contributed by atoms with Crippen molar-refractivity contribution >= 4 is 22.9 Å². The molecule has 0 radical (unpaired) electrons. The minimum Gasteiger partial charge on any atom is -0.488 e. The van der Waals surface area contributed by atoms with Crippen molar-refractivity contribution in [3.05, 3.63) is 96.3 Å². The van der Waals surface area contributed by atoms with Crippen LogP contribution in [0.1, 0.15) is 30.2 Å². The molecule has 2 atom stereocenters. The van der Waals surface area contributed by atoms with E-state index in [4.69, 9.17) is 15.2 Å². The number of benzene rings is 3. The van der Waals surface area contributed by atoms with E-state index in [0.717, 1.165) is 40.8 Å². The van der Waals surface area contributed by atoms with E-state index in [2.05, 4.69) is 62.7 Å². The maximum atomic E-state index is 9.55. The fourth-order valence-electron chi connectivity index (χ4n) is 4.88. The Hall–Kier alpha value is -4.47. The van der Waals surface area contributed by atoms with Gasteiger partial charge in [-0.05, 0) is 35.6 Å². The summed E-state index contributed by atoms with van der Waals surface area (Å²) in [5.41, 5.74) is 11.6. The van der Waals surface area contributed by atoms with Gasteiger partial charge in [0.2, 0.25) is 5.95 Å². The lowest BCUT2D eigenvalue weighted by Gasteiger charge is -2.17.